The second-order valence-electron chi connectivity index (χ2n) is 5.07. The van der Waals surface area contributed by atoms with Crippen molar-refractivity contribution in [2.75, 3.05) is 13.1 Å². The molecular weight excluding hydrogens is 211 g/mol. The van der Waals surface area contributed by atoms with E-state index in [-0.39, 0.29) is 11.3 Å². The summed E-state index contributed by atoms with van der Waals surface area (Å²) >= 11 is 0. The zero-order valence-corrected chi connectivity index (χ0v) is 10.6. The minimum atomic E-state index is 0.114. The molecule has 1 aliphatic rings. The molecule has 0 radical (unpaired) electrons. The Hall–Kier alpha value is -1.03. The maximum absolute atomic E-state index is 9.29. The maximum Gasteiger partial charge on any atom is 0.210 e. The van der Waals surface area contributed by atoms with E-state index in [0.717, 1.165) is 13.1 Å². The number of aromatic hydroxyl groups is 1. The lowest BCUT2D eigenvalue weighted by Crippen LogP contribution is -2.43. The molecule has 4 heteroatoms. The molecule has 92 valence electrons. The summed E-state index contributed by atoms with van der Waals surface area (Å²) in [4.78, 5) is 4.04. The molecule has 0 aliphatic carbocycles. The Morgan fingerprint density at radius 1 is 1.47 bits per heavy atom. The van der Waals surface area contributed by atoms with Gasteiger partial charge in [0.1, 0.15) is 7.85 Å². The van der Waals surface area contributed by atoms with Crippen molar-refractivity contribution >= 4 is 7.85 Å². The van der Waals surface area contributed by atoms with Gasteiger partial charge in [0.05, 0.1) is 0 Å². The van der Waals surface area contributed by atoms with Gasteiger partial charge in [0.15, 0.2) is 0 Å². The second kappa shape index (κ2) is 5.54. The molecule has 1 aromatic rings. The Morgan fingerprint density at radius 2 is 2.35 bits per heavy atom. The summed E-state index contributed by atoms with van der Waals surface area (Å²) in [5.74, 6) is 0.114. The van der Waals surface area contributed by atoms with Gasteiger partial charge in [0.2, 0.25) is 5.88 Å². The predicted molar refractivity (Wildman–Crippen MR) is 72.3 cm³/mol. The van der Waals surface area contributed by atoms with Crippen molar-refractivity contribution in [3.05, 3.63) is 23.9 Å². The molecule has 1 saturated heterocycles. The van der Waals surface area contributed by atoms with Crippen molar-refractivity contribution in [3.63, 3.8) is 0 Å². The highest BCUT2D eigenvalue weighted by molar-refractivity contribution is 6.08. The predicted octanol–water partition coefficient (Wildman–Crippen LogP) is 1.24. The van der Waals surface area contributed by atoms with Crippen molar-refractivity contribution < 1.29 is 5.11 Å². The van der Waals surface area contributed by atoms with Crippen LogP contribution in [0.4, 0.5) is 0 Å². The van der Waals surface area contributed by atoms with Crippen LogP contribution in [-0.2, 0) is 5.41 Å². The van der Waals surface area contributed by atoms with Crippen molar-refractivity contribution in [1.82, 2.24) is 10.3 Å². The third-order valence-electron chi connectivity index (χ3n) is 3.84. The van der Waals surface area contributed by atoms with Crippen LogP contribution in [0.1, 0.15) is 31.2 Å². The summed E-state index contributed by atoms with van der Waals surface area (Å²) in [6.07, 6.45) is 7.99. The summed E-state index contributed by atoms with van der Waals surface area (Å²) in [6, 6.07) is 3.74. The maximum atomic E-state index is 9.29. The Balaban J connectivity index is 2.21. The number of pyridine rings is 1. The number of rotatable bonds is 4. The van der Waals surface area contributed by atoms with E-state index >= 15 is 0 Å². The highest BCUT2D eigenvalue weighted by Gasteiger charge is 2.33. The first-order valence-electron chi connectivity index (χ1n) is 6.63. The molecule has 1 unspecified atom stereocenters. The van der Waals surface area contributed by atoms with Gasteiger partial charge >= 0.3 is 0 Å². The van der Waals surface area contributed by atoms with Gasteiger partial charge in [0.25, 0.3) is 0 Å². The van der Waals surface area contributed by atoms with Gasteiger partial charge in [-0.15, -0.1) is 0 Å². The van der Waals surface area contributed by atoms with E-state index in [9.17, 15) is 5.11 Å². The van der Waals surface area contributed by atoms with Crippen LogP contribution in [0.3, 0.4) is 0 Å². The number of nitrogens with one attached hydrogen (secondary N) is 1. The van der Waals surface area contributed by atoms with Gasteiger partial charge in [-0.05, 0) is 31.4 Å². The molecule has 1 atom stereocenters. The van der Waals surface area contributed by atoms with Crippen LogP contribution in [0.2, 0.25) is 6.32 Å². The highest BCUT2D eigenvalue weighted by Crippen LogP contribution is 2.36. The lowest BCUT2D eigenvalue weighted by molar-refractivity contribution is 0.289. The first-order chi connectivity index (χ1) is 8.27. The van der Waals surface area contributed by atoms with Crippen molar-refractivity contribution in [2.24, 2.45) is 0 Å². The van der Waals surface area contributed by atoms with Crippen molar-refractivity contribution in [2.45, 2.75) is 37.4 Å². The molecule has 1 aromatic heterocycles. The third-order valence-corrected chi connectivity index (χ3v) is 3.84. The lowest BCUT2D eigenvalue weighted by Gasteiger charge is -2.38. The summed E-state index contributed by atoms with van der Waals surface area (Å²) < 4.78 is 0. The minimum absolute atomic E-state index is 0.114. The summed E-state index contributed by atoms with van der Waals surface area (Å²) in [7, 11) is 2.24. The van der Waals surface area contributed by atoms with Gasteiger partial charge in [-0.25, -0.2) is 4.98 Å². The Kier molecular flexibility index (Phi) is 4.05. The fraction of sp³-hybridized carbons (Fsp3) is 0.615. The molecule has 1 aliphatic heterocycles. The lowest BCUT2D eigenvalue weighted by atomic mass is 9.71. The first kappa shape index (κ1) is 12.4. The van der Waals surface area contributed by atoms with Crippen LogP contribution < -0.4 is 5.32 Å². The highest BCUT2D eigenvalue weighted by atomic mass is 16.3. The summed E-state index contributed by atoms with van der Waals surface area (Å²) in [5.41, 5.74) is 1.51. The average Bonchev–Trinajstić information content (AvgIpc) is 2.38. The van der Waals surface area contributed by atoms with Crippen LogP contribution in [0.25, 0.3) is 0 Å². The molecule has 0 saturated carbocycles. The quantitative estimate of drug-likeness (QED) is 0.767. The average molecular weight is 232 g/mol. The number of piperidine rings is 1. The summed E-state index contributed by atoms with van der Waals surface area (Å²) in [6.45, 7) is 2.17. The smallest absolute Gasteiger partial charge is 0.210 e. The molecule has 2 heterocycles. The second-order valence-corrected chi connectivity index (χ2v) is 5.07. The van der Waals surface area contributed by atoms with Crippen LogP contribution in [0.5, 0.6) is 5.88 Å². The number of hydrogen-bond donors (Lipinski definition) is 2. The van der Waals surface area contributed by atoms with Crippen molar-refractivity contribution in [3.8, 4) is 5.88 Å². The van der Waals surface area contributed by atoms with E-state index in [1.807, 2.05) is 12.3 Å². The van der Waals surface area contributed by atoms with Crippen LogP contribution in [-0.4, -0.2) is 31.0 Å². The third kappa shape index (κ3) is 2.81. The SMILES string of the molecule is BCCCC1(c2ccc(O)nc2)CCCNC1. The normalized spacial score (nSPS) is 24.7. The molecule has 0 aromatic carbocycles. The van der Waals surface area contributed by atoms with E-state index < -0.39 is 0 Å². The first-order valence-corrected chi connectivity index (χ1v) is 6.63. The molecule has 0 amide bonds. The van der Waals surface area contributed by atoms with E-state index in [4.69, 9.17) is 0 Å². The van der Waals surface area contributed by atoms with Gasteiger partial charge in [-0.3, -0.25) is 0 Å². The monoisotopic (exact) mass is 232 g/mol. The fourth-order valence-corrected chi connectivity index (χ4v) is 2.79. The zero-order valence-electron chi connectivity index (χ0n) is 10.6. The van der Waals surface area contributed by atoms with Gasteiger partial charge < -0.3 is 10.4 Å². The van der Waals surface area contributed by atoms with E-state index in [2.05, 4.69) is 18.1 Å². The van der Waals surface area contributed by atoms with Gasteiger partial charge in [-0.2, -0.15) is 0 Å². The van der Waals surface area contributed by atoms with E-state index in [0.29, 0.717) is 0 Å². The minimum Gasteiger partial charge on any atom is -0.493 e. The molecule has 17 heavy (non-hydrogen) atoms. The van der Waals surface area contributed by atoms with Crippen molar-refractivity contribution in [1.29, 1.82) is 0 Å². The Morgan fingerprint density at radius 3 is 2.94 bits per heavy atom. The number of aromatic nitrogens is 1. The zero-order chi connectivity index (χ0) is 12.1. The topological polar surface area (TPSA) is 45.2 Å². The number of hydrogen-bond acceptors (Lipinski definition) is 3. The standard InChI is InChI=1S/C13H21BN2O/c14-7-1-5-13(6-2-8-15-10-13)11-3-4-12(17)16-9-11/h3-4,9,15H,1-2,5-8,10,14H2,(H,16,17). The largest absolute Gasteiger partial charge is 0.493 e. The van der Waals surface area contributed by atoms with Crippen LogP contribution >= 0.6 is 0 Å². The molecule has 0 bridgehead atoms. The number of nitrogens with zero attached hydrogens (tertiary/aromatic N) is 1. The molecule has 2 N–H and O–H groups in total. The molecule has 3 nitrogen and oxygen atoms in total. The summed E-state index contributed by atoms with van der Waals surface area (Å²) in [5, 5.41) is 12.8. The molecule has 1 fully saturated rings. The van der Waals surface area contributed by atoms with Gasteiger partial charge in [-0.1, -0.05) is 18.8 Å². The fourth-order valence-electron chi connectivity index (χ4n) is 2.79. The molecule has 2 rings (SSSR count). The van der Waals surface area contributed by atoms with Crippen LogP contribution in [0, 0.1) is 0 Å². The Bertz CT molecular complexity index is 347. The molecule has 0 spiro atoms. The molecular formula is C13H21BN2O. The van der Waals surface area contributed by atoms with E-state index in [1.54, 1.807) is 6.07 Å². The van der Waals surface area contributed by atoms with Gasteiger partial charge in [0, 0.05) is 24.2 Å². The van der Waals surface area contributed by atoms with Crippen LogP contribution in [0.15, 0.2) is 18.3 Å². The van der Waals surface area contributed by atoms with E-state index in [1.165, 1.54) is 37.6 Å². The Labute approximate surface area is 104 Å².